The predicted octanol–water partition coefficient (Wildman–Crippen LogP) is 8.48. The van der Waals surface area contributed by atoms with E-state index in [1.165, 1.54) is 13.4 Å². The normalized spacial score (nSPS) is 32.1. The fourth-order valence-corrected chi connectivity index (χ4v) is 13.2. The number of rotatable bonds is 12. The summed E-state index contributed by atoms with van der Waals surface area (Å²) in [5, 5.41) is 46.0. The minimum atomic E-state index is -2.61. The minimum Gasteiger partial charge on any atom is -0.460 e. The maximum absolute atomic E-state index is 14.7. The van der Waals surface area contributed by atoms with Gasteiger partial charge in [0.15, 0.2) is 17.0 Å². The molecule has 0 radical (unpaired) electrons. The number of piperidine rings is 1. The number of alkyl carbamates (subject to hydrolysis) is 1. The lowest BCUT2D eigenvalue weighted by molar-refractivity contribution is -0.264. The van der Waals surface area contributed by atoms with Crippen molar-refractivity contribution in [2.75, 3.05) is 45.0 Å². The molecule has 2 amide bonds. The topological polar surface area (TPSA) is 332 Å². The Morgan fingerprint density at radius 2 is 1.68 bits per heavy atom. The highest BCUT2D eigenvalue weighted by molar-refractivity contribution is 6.39. The third kappa shape index (κ3) is 16.9. The quantitative estimate of drug-likeness (QED) is 0.0335. The number of esters is 1. The first-order valence-corrected chi connectivity index (χ1v) is 32.5. The Bertz CT molecular complexity index is 3390. The van der Waals surface area contributed by atoms with Crippen molar-refractivity contribution in [1.29, 1.82) is 0 Å². The number of ether oxygens (including phenoxy) is 5. The highest BCUT2D eigenvalue weighted by Gasteiger charge is 2.53. The van der Waals surface area contributed by atoms with Gasteiger partial charge in [-0.15, -0.1) is 0 Å². The number of carbonyl (C=O) groups excluding carboxylic acids is 6. The van der Waals surface area contributed by atoms with Crippen LogP contribution in [0.3, 0.4) is 0 Å². The van der Waals surface area contributed by atoms with Crippen molar-refractivity contribution in [3.8, 4) is 11.3 Å². The summed E-state index contributed by atoms with van der Waals surface area (Å²) in [5.41, 5.74) is 10.3. The van der Waals surface area contributed by atoms with Gasteiger partial charge in [0.1, 0.15) is 60.1 Å². The first-order chi connectivity index (χ1) is 43.8. The van der Waals surface area contributed by atoms with Gasteiger partial charge in [-0.2, -0.15) is 10.1 Å². The summed E-state index contributed by atoms with van der Waals surface area (Å²) in [6.07, 6.45) is 10.2. The Morgan fingerprint density at radius 1 is 0.913 bits per heavy atom. The van der Waals surface area contributed by atoms with Crippen LogP contribution in [0.1, 0.15) is 145 Å². The molecule has 3 aromatic heterocycles. The van der Waals surface area contributed by atoms with E-state index in [2.05, 4.69) is 25.6 Å². The number of aromatic nitrogens is 5. The molecule has 1 aromatic carbocycles. The number of ketones is 3. The van der Waals surface area contributed by atoms with Gasteiger partial charge in [0.25, 0.3) is 17.7 Å². The molecule has 24 nitrogen and oxygen atoms in total. The van der Waals surface area contributed by atoms with Crippen molar-refractivity contribution in [2.45, 2.75) is 200 Å². The standard InChI is InChI=1S/C68H95N9O15/c1-37(2)77-63-56(62(69)71-36-72-63)57(75-77)46-22-25-53-49(33-46)73-66(91-53)70-26-28-89-67(85)74-48-34-47-23-20-44(9)68(86,92-47)61(82)64(83)76-27-16-15-19-50(76)65(84)90-54(41(6)31-45-21-24-51(78)55(32-45)87-10)35-52(79)40(5)30-43(8)59(81)60(88-11)58(80)42(7)29-38(3)17-13-12-14-18-39(48)4/h12-14,17-18,22,25,30,33,36-38,40-42,44-45,47-48,50-51,54-55,59-60,78,81,86H,15-16,19-21,23-24,26-29,31-32,34-35H2,1-11H3,(H,70,73)(H,74,85)(H2,69,71,72)/b14-12+,17-13+,39-18+,43-30+/t38-,40-,41-,42-,44-,45+,47+,48?,50+,51-,54+,55-,59-,60+,68-/m1/s1. The van der Waals surface area contributed by atoms with Gasteiger partial charge in [-0.1, -0.05) is 76.6 Å². The van der Waals surface area contributed by atoms with Crippen LogP contribution in [0.15, 0.2) is 76.5 Å². The third-order valence-electron chi connectivity index (χ3n) is 18.8. The Labute approximate surface area is 538 Å². The number of aliphatic hydroxyl groups is 3. The van der Waals surface area contributed by atoms with Crippen LogP contribution in [-0.4, -0.2) is 169 Å². The third-order valence-corrected chi connectivity index (χ3v) is 18.8. The number of Topliss-reactive ketones (excluding diaryl/α,β-unsaturated/α-hetero) is 3. The smallest absolute Gasteiger partial charge is 0.407 e. The SMILES string of the molecule is CO[C@@H]1C[C@H](C[C@@H](C)[C@@H]2CC(=O)[C@H](C)/C=C(\C)[C@@H](O)[C@@H](OC)C(=O)[C@H](C)C[C@H](C)/C=C/C=C/C=C(\C)C(NC(=O)OCCNc3nc4cc(-c5nn(C(C)C)c6ncnc(N)c56)ccc4o3)C[C@@H]3CC[C@@H](C)[C@@](O)(O3)C(=O)C(=O)N3CCCC[C@H]3C(=O)O2)CC[C@H]1O. The number of oxazole rings is 1. The van der Waals surface area contributed by atoms with Gasteiger partial charge in [-0.05, 0) is 140 Å². The van der Waals surface area contributed by atoms with Crippen LogP contribution in [0.4, 0.5) is 16.6 Å². The number of benzene rings is 1. The highest BCUT2D eigenvalue weighted by atomic mass is 16.6. The van der Waals surface area contributed by atoms with Crippen LogP contribution < -0.4 is 16.4 Å². The number of nitrogens with zero attached hydrogens (tertiary/aromatic N) is 6. The minimum absolute atomic E-state index is 0.00634. The maximum Gasteiger partial charge on any atom is 0.407 e. The van der Waals surface area contributed by atoms with Crippen molar-refractivity contribution in [2.24, 2.45) is 35.5 Å². The van der Waals surface area contributed by atoms with Gasteiger partial charge in [0, 0.05) is 56.5 Å². The van der Waals surface area contributed by atoms with E-state index in [0.29, 0.717) is 96.2 Å². The zero-order valence-electron chi connectivity index (χ0n) is 55.0. The fraction of sp³-hybridized carbons (Fsp3) is 0.618. The number of nitrogen functional groups attached to an aromatic ring is 1. The number of carbonyl (C=O) groups is 6. The van der Waals surface area contributed by atoms with E-state index in [-0.39, 0.29) is 86.9 Å². The largest absolute Gasteiger partial charge is 0.460 e. The first-order valence-electron chi connectivity index (χ1n) is 32.5. The number of cyclic esters (lactones) is 1. The van der Waals surface area contributed by atoms with E-state index in [9.17, 15) is 44.1 Å². The van der Waals surface area contributed by atoms with Gasteiger partial charge in [-0.3, -0.25) is 19.2 Å². The number of amides is 2. The van der Waals surface area contributed by atoms with E-state index >= 15 is 0 Å². The average molecular weight is 1280 g/mol. The summed E-state index contributed by atoms with van der Waals surface area (Å²) >= 11 is 0. The van der Waals surface area contributed by atoms with Crippen LogP contribution >= 0.6 is 0 Å². The molecule has 2 bridgehead atoms. The Morgan fingerprint density at radius 3 is 2.42 bits per heavy atom. The summed E-state index contributed by atoms with van der Waals surface area (Å²) < 4.78 is 37.3. The molecular formula is C68H95N9O15. The molecular weight excluding hydrogens is 1180 g/mol. The summed E-state index contributed by atoms with van der Waals surface area (Å²) in [7, 11) is 2.91. The van der Waals surface area contributed by atoms with Crippen LogP contribution in [0.2, 0.25) is 0 Å². The van der Waals surface area contributed by atoms with Gasteiger partial charge < -0.3 is 64.7 Å². The second-order valence-electron chi connectivity index (χ2n) is 26.2. The molecule has 8 rings (SSSR count). The van der Waals surface area contributed by atoms with Crippen molar-refractivity contribution >= 4 is 69.3 Å². The summed E-state index contributed by atoms with van der Waals surface area (Å²) in [4.78, 5) is 100. The van der Waals surface area contributed by atoms with Crippen LogP contribution in [0, 0.1) is 35.5 Å². The summed E-state index contributed by atoms with van der Waals surface area (Å²) in [5.74, 6) is -8.66. The Hall–Kier alpha value is -7.22. The van der Waals surface area contributed by atoms with E-state index < -0.39 is 95.8 Å². The van der Waals surface area contributed by atoms with Crippen LogP contribution in [-0.2, 0) is 47.7 Å². The number of allylic oxidation sites excluding steroid dienone is 6. The first kappa shape index (κ1) is 70.6. The fourth-order valence-electron chi connectivity index (χ4n) is 13.2. The van der Waals surface area contributed by atoms with Crippen molar-refractivity contribution in [3.63, 3.8) is 0 Å². The van der Waals surface area contributed by atoms with E-state index in [1.807, 2.05) is 52.0 Å². The molecule has 502 valence electrons. The van der Waals surface area contributed by atoms with Crippen molar-refractivity contribution in [3.05, 3.63) is 72.1 Å². The zero-order chi connectivity index (χ0) is 66.7. The molecule has 0 spiro atoms. The summed E-state index contributed by atoms with van der Waals surface area (Å²) in [6, 6.07) is 3.63. The molecule has 7 N–H and O–H groups in total. The van der Waals surface area contributed by atoms with Gasteiger partial charge in [0.2, 0.25) is 5.79 Å². The molecule has 3 fully saturated rings. The van der Waals surface area contributed by atoms with E-state index in [1.54, 1.807) is 76.8 Å². The molecule has 2 saturated heterocycles. The van der Waals surface area contributed by atoms with Crippen LogP contribution in [0.5, 0.6) is 0 Å². The molecule has 15 atom stereocenters. The Balaban J connectivity index is 1.01. The van der Waals surface area contributed by atoms with E-state index in [4.69, 9.17) is 38.9 Å². The molecule has 1 aliphatic carbocycles. The number of fused-ring (bicyclic) bond motifs is 5. The maximum atomic E-state index is 14.7. The second-order valence-corrected chi connectivity index (χ2v) is 26.2. The molecule has 1 saturated carbocycles. The van der Waals surface area contributed by atoms with Gasteiger partial charge in [-0.25, -0.2) is 24.2 Å². The number of nitrogens with one attached hydrogen (secondary N) is 2. The predicted molar refractivity (Wildman–Crippen MR) is 344 cm³/mol. The molecule has 3 aliphatic heterocycles. The number of hydrogen-bond acceptors (Lipinski definition) is 21. The highest BCUT2D eigenvalue weighted by Crippen LogP contribution is 2.39. The lowest BCUT2D eigenvalue weighted by atomic mass is 9.78. The monoisotopic (exact) mass is 1280 g/mol. The molecule has 4 aliphatic rings. The lowest BCUT2D eigenvalue weighted by Gasteiger charge is -2.43. The number of aliphatic hydroxyl groups excluding tert-OH is 2. The lowest BCUT2D eigenvalue weighted by Crippen LogP contribution is -2.61. The summed E-state index contributed by atoms with van der Waals surface area (Å²) in [6.45, 7) is 16.4. The number of hydrogen-bond donors (Lipinski definition) is 6. The Kier molecular flexibility index (Phi) is 24.3. The average Bonchev–Trinajstić information content (AvgIpc) is 1.56. The van der Waals surface area contributed by atoms with E-state index in [0.717, 1.165) is 10.5 Å². The van der Waals surface area contributed by atoms with Crippen molar-refractivity contribution < 1.29 is 72.2 Å². The molecule has 4 aromatic rings. The van der Waals surface area contributed by atoms with Gasteiger partial charge in [0.05, 0.1) is 36.3 Å². The number of methoxy groups -OCH3 is 2. The van der Waals surface area contributed by atoms with Crippen LogP contribution in [0.25, 0.3) is 33.4 Å². The molecule has 92 heavy (non-hydrogen) atoms. The zero-order valence-corrected chi connectivity index (χ0v) is 55.0. The molecule has 24 heteroatoms. The van der Waals surface area contributed by atoms with Gasteiger partial charge >= 0.3 is 12.1 Å². The van der Waals surface area contributed by atoms with Crippen molar-refractivity contribution in [1.82, 2.24) is 34.9 Å². The number of anilines is 2. The molecule has 6 heterocycles. The second kappa shape index (κ2) is 31.6. The molecule has 1 unspecified atom stereocenters. The number of nitrogens with two attached hydrogens (primary N) is 1.